The first-order valence-corrected chi connectivity index (χ1v) is 4.97. The monoisotopic (exact) mass is 210 g/mol. The molecule has 0 saturated heterocycles. The Labute approximate surface area is 88.4 Å². The molecule has 0 saturated carbocycles. The van der Waals surface area contributed by atoms with Crippen molar-refractivity contribution in [2.75, 3.05) is 13.4 Å². The third kappa shape index (κ3) is 2.33. The zero-order valence-corrected chi connectivity index (χ0v) is 8.60. The van der Waals surface area contributed by atoms with Crippen LogP contribution in [0.3, 0.4) is 0 Å². The van der Waals surface area contributed by atoms with E-state index >= 15 is 0 Å². The first-order chi connectivity index (χ1) is 7.29. The summed E-state index contributed by atoms with van der Waals surface area (Å²) in [5.41, 5.74) is 0. The SMILES string of the molecule is CC(CCO)Oc1ccc2c(c1)OCO2. The molecule has 4 heteroatoms. The largest absolute Gasteiger partial charge is 0.490 e. The van der Waals surface area contributed by atoms with Gasteiger partial charge in [-0.2, -0.15) is 0 Å². The van der Waals surface area contributed by atoms with Crippen molar-refractivity contribution in [2.45, 2.75) is 19.4 Å². The van der Waals surface area contributed by atoms with Gasteiger partial charge in [0.2, 0.25) is 6.79 Å². The normalized spacial score (nSPS) is 15.1. The molecule has 1 aliphatic heterocycles. The smallest absolute Gasteiger partial charge is 0.231 e. The summed E-state index contributed by atoms with van der Waals surface area (Å²) in [6.07, 6.45) is 0.615. The van der Waals surface area contributed by atoms with Crippen LogP contribution in [0.1, 0.15) is 13.3 Å². The second-order valence-electron chi connectivity index (χ2n) is 3.46. The molecule has 15 heavy (non-hydrogen) atoms. The van der Waals surface area contributed by atoms with E-state index in [-0.39, 0.29) is 19.5 Å². The van der Waals surface area contributed by atoms with Crippen molar-refractivity contribution < 1.29 is 19.3 Å². The molecule has 0 aliphatic carbocycles. The van der Waals surface area contributed by atoms with Crippen molar-refractivity contribution in [2.24, 2.45) is 0 Å². The van der Waals surface area contributed by atoms with Crippen molar-refractivity contribution in [1.82, 2.24) is 0 Å². The molecule has 1 aromatic rings. The molecular weight excluding hydrogens is 196 g/mol. The van der Waals surface area contributed by atoms with Crippen LogP contribution in [-0.4, -0.2) is 24.6 Å². The van der Waals surface area contributed by atoms with E-state index in [0.717, 1.165) is 11.5 Å². The van der Waals surface area contributed by atoms with Crippen molar-refractivity contribution >= 4 is 0 Å². The van der Waals surface area contributed by atoms with Gasteiger partial charge in [0.15, 0.2) is 11.5 Å². The maximum atomic E-state index is 8.74. The average molecular weight is 210 g/mol. The number of rotatable bonds is 4. The minimum Gasteiger partial charge on any atom is -0.490 e. The molecule has 0 bridgehead atoms. The van der Waals surface area contributed by atoms with Gasteiger partial charge in [0, 0.05) is 19.1 Å². The summed E-state index contributed by atoms with van der Waals surface area (Å²) in [6.45, 7) is 2.32. The summed E-state index contributed by atoms with van der Waals surface area (Å²) in [5, 5.41) is 8.74. The van der Waals surface area contributed by atoms with Crippen LogP contribution in [0.15, 0.2) is 18.2 Å². The second kappa shape index (κ2) is 4.40. The van der Waals surface area contributed by atoms with Gasteiger partial charge in [-0.3, -0.25) is 0 Å². The summed E-state index contributed by atoms with van der Waals surface area (Å²) in [4.78, 5) is 0. The maximum absolute atomic E-state index is 8.74. The molecule has 1 unspecified atom stereocenters. The van der Waals surface area contributed by atoms with Gasteiger partial charge in [-0.1, -0.05) is 0 Å². The van der Waals surface area contributed by atoms with E-state index in [1.807, 2.05) is 19.1 Å². The third-order valence-corrected chi connectivity index (χ3v) is 2.22. The number of ether oxygens (including phenoxy) is 3. The number of benzene rings is 1. The molecule has 82 valence electrons. The zero-order chi connectivity index (χ0) is 10.7. The van der Waals surface area contributed by atoms with Gasteiger partial charge in [0.1, 0.15) is 5.75 Å². The lowest BCUT2D eigenvalue weighted by Gasteiger charge is -2.13. The molecule has 0 fully saturated rings. The first-order valence-electron chi connectivity index (χ1n) is 4.97. The van der Waals surface area contributed by atoms with Crippen molar-refractivity contribution in [3.63, 3.8) is 0 Å². The summed E-state index contributed by atoms with van der Waals surface area (Å²) in [6, 6.07) is 5.46. The van der Waals surface area contributed by atoms with E-state index in [1.54, 1.807) is 6.07 Å². The summed E-state index contributed by atoms with van der Waals surface area (Å²) in [5.74, 6) is 2.20. The molecule has 0 amide bonds. The lowest BCUT2D eigenvalue weighted by atomic mass is 10.2. The van der Waals surface area contributed by atoms with E-state index in [0.29, 0.717) is 12.2 Å². The molecular formula is C11H14O4. The molecule has 4 nitrogen and oxygen atoms in total. The molecule has 1 aliphatic rings. The predicted octanol–water partition coefficient (Wildman–Crippen LogP) is 1.56. The fraction of sp³-hybridized carbons (Fsp3) is 0.455. The van der Waals surface area contributed by atoms with Gasteiger partial charge in [0.05, 0.1) is 6.10 Å². The van der Waals surface area contributed by atoms with Crippen LogP contribution < -0.4 is 14.2 Å². The zero-order valence-electron chi connectivity index (χ0n) is 8.60. The average Bonchev–Trinajstić information content (AvgIpc) is 2.65. The van der Waals surface area contributed by atoms with Crippen LogP contribution in [0.2, 0.25) is 0 Å². The third-order valence-electron chi connectivity index (χ3n) is 2.22. The lowest BCUT2D eigenvalue weighted by Crippen LogP contribution is -2.13. The van der Waals surface area contributed by atoms with E-state index < -0.39 is 0 Å². The molecule has 1 N–H and O–H groups in total. The van der Waals surface area contributed by atoms with Crippen LogP contribution in [0, 0.1) is 0 Å². The van der Waals surface area contributed by atoms with Gasteiger partial charge < -0.3 is 19.3 Å². The molecule has 0 radical (unpaired) electrons. The summed E-state index contributed by atoms with van der Waals surface area (Å²) >= 11 is 0. The first kappa shape index (κ1) is 10.1. The highest BCUT2D eigenvalue weighted by Gasteiger charge is 2.14. The van der Waals surface area contributed by atoms with E-state index in [1.165, 1.54) is 0 Å². The van der Waals surface area contributed by atoms with Gasteiger partial charge >= 0.3 is 0 Å². The number of aliphatic hydroxyl groups is 1. The highest BCUT2D eigenvalue weighted by molar-refractivity contribution is 5.46. The topological polar surface area (TPSA) is 47.9 Å². The minimum absolute atomic E-state index is 0.00429. The Morgan fingerprint density at radius 1 is 1.40 bits per heavy atom. The highest BCUT2D eigenvalue weighted by atomic mass is 16.7. The van der Waals surface area contributed by atoms with Crippen LogP contribution in [-0.2, 0) is 0 Å². The van der Waals surface area contributed by atoms with Crippen LogP contribution >= 0.6 is 0 Å². The van der Waals surface area contributed by atoms with Crippen molar-refractivity contribution in [3.05, 3.63) is 18.2 Å². The van der Waals surface area contributed by atoms with Crippen molar-refractivity contribution in [3.8, 4) is 17.2 Å². The fourth-order valence-corrected chi connectivity index (χ4v) is 1.42. The van der Waals surface area contributed by atoms with E-state index in [9.17, 15) is 0 Å². The summed E-state index contributed by atoms with van der Waals surface area (Å²) in [7, 11) is 0. The Bertz CT molecular complexity index is 337. The van der Waals surface area contributed by atoms with Gasteiger partial charge in [-0.25, -0.2) is 0 Å². The standard InChI is InChI=1S/C11H14O4/c1-8(4-5-12)15-9-2-3-10-11(6-9)14-7-13-10/h2-3,6,8,12H,4-5,7H2,1H3. The number of aliphatic hydroxyl groups excluding tert-OH is 1. The number of fused-ring (bicyclic) bond motifs is 1. The number of hydrogen-bond acceptors (Lipinski definition) is 4. The van der Waals surface area contributed by atoms with E-state index in [2.05, 4.69) is 0 Å². The quantitative estimate of drug-likeness (QED) is 0.819. The van der Waals surface area contributed by atoms with Crippen LogP contribution in [0.5, 0.6) is 17.2 Å². The Morgan fingerprint density at radius 2 is 2.20 bits per heavy atom. The Kier molecular flexibility index (Phi) is 2.97. The Balaban J connectivity index is 2.03. The van der Waals surface area contributed by atoms with Gasteiger partial charge in [-0.15, -0.1) is 0 Å². The molecule has 1 aromatic carbocycles. The molecule has 1 atom stereocenters. The minimum atomic E-state index is -0.00429. The molecule has 2 rings (SSSR count). The fourth-order valence-electron chi connectivity index (χ4n) is 1.42. The van der Waals surface area contributed by atoms with Crippen LogP contribution in [0.4, 0.5) is 0 Å². The number of hydrogen-bond donors (Lipinski definition) is 1. The summed E-state index contributed by atoms with van der Waals surface area (Å²) < 4.78 is 16.0. The highest BCUT2D eigenvalue weighted by Crippen LogP contribution is 2.35. The lowest BCUT2D eigenvalue weighted by molar-refractivity contribution is 0.167. The van der Waals surface area contributed by atoms with E-state index in [4.69, 9.17) is 19.3 Å². The van der Waals surface area contributed by atoms with Gasteiger partial charge in [0.25, 0.3) is 0 Å². The molecule has 0 aromatic heterocycles. The second-order valence-corrected chi connectivity index (χ2v) is 3.46. The molecule has 0 spiro atoms. The van der Waals surface area contributed by atoms with Gasteiger partial charge in [-0.05, 0) is 19.1 Å². The maximum Gasteiger partial charge on any atom is 0.231 e. The molecule has 1 heterocycles. The van der Waals surface area contributed by atoms with Crippen LogP contribution in [0.25, 0.3) is 0 Å². The predicted molar refractivity (Wildman–Crippen MR) is 54.4 cm³/mol. The Hall–Kier alpha value is -1.42. The van der Waals surface area contributed by atoms with Crippen molar-refractivity contribution in [1.29, 1.82) is 0 Å². The Morgan fingerprint density at radius 3 is 3.00 bits per heavy atom.